The monoisotopic (exact) mass is 401 g/mol. The predicted octanol–water partition coefficient (Wildman–Crippen LogP) is 5.39. The molecule has 1 saturated heterocycles. The van der Waals surface area contributed by atoms with Crippen molar-refractivity contribution in [2.45, 2.75) is 33.1 Å². The normalized spacial score (nSPS) is 17.9. The van der Waals surface area contributed by atoms with Crippen LogP contribution in [0.5, 0.6) is 0 Å². The van der Waals surface area contributed by atoms with Gasteiger partial charge in [-0.2, -0.15) is 0 Å². The molecule has 1 amide bonds. The summed E-state index contributed by atoms with van der Waals surface area (Å²) in [6.45, 7) is 5.45. The minimum atomic E-state index is 0. The Hall–Kier alpha value is -3.21. The van der Waals surface area contributed by atoms with Gasteiger partial charge in [-0.25, -0.2) is 0 Å². The molecule has 1 atom stereocenters. The van der Waals surface area contributed by atoms with Crippen LogP contribution in [-0.4, -0.2) is 34.8 Å². The number of benzene rings is 2. The van der Waals surface area contributed by atoms with Crippen molar-refractivity contribution < 1.29 is 10.7 Å². The quantitative estimate of drug-likeness (QED) is 0.589. The topological polar surface area (TPSA) is 58.7 Å². The lowest BCUT2D eigenvalue weighted by Gasteiger charge is -2.17. The van der Waals surface area contributed by atoms with Crippen LogP contribution in [0.15, 0.2) is 58.0 Å². The third kappa shape index (κ3) is 3.45. The van der Waals surface area contributed by atoms with Crippen molar-refractivity contribution in [1.82, 2.24) is 10.1 Å². The molecular formula is C25H27N3O2. The van der Waals surface area contributed by atoms with Crippen LogP contribution in [0.3, 0.4) is 0 Å². The van der Waals surface area contributed by atoms with Crippen molar-refractivity contribution in [2.75, 3.05) is 13.1 Å². The summed E-state index contributed by atoms with van der Waals surface area (Å²) in [5, 5.41) is 4.17. The number of carbonyl (C=O) groups is 1. The Balaban J connectivity index is 0.00000231. The summed E-state index contributed by atoms with van der Waals surface area (Å²) in [5.74, 6) is 1.04. The first kappa shape index (κ1) is 18.8. The molecule has 0 saturated carbocycles. The summed E-state index contributed by atoms with van der Waals surface area (Å²) in [7, 11) is 0. The molecule has 0 aliphatic carbocycles. The number of carbonyl (C=O) groups excluding carboxylic acids is 1. The van der Waals surface area contributed by atoms with Gasteiger partial charge in [0.15, 0.2) is 0 Å². The van der Waals surface area contributed by atoms with E-state index in [0.29, 0.717) is 22.9 Å². The lowest BCUT2D eigenvalue weighted by molar-refractivity contribution is 0.0786. The third-order valence-electron chi connectivity index (χ3n) is 6.13. The number of hydrogen-bond donors (Lipinski definition) is 0. The standard InChI is InChI=1S/C25H25N3O2.H2/c1-16-8-9-22-20(12-16)14-21(26-22)13-18-10-11-28(15-18)25(29)23-17(2)30-27-24(23)19-6-4-3-5-7-19;/h3-9,12,18H,10-11,13-15H2,1-2H3;1H/t18-;/m0./s1. The fraction of sp³-hybridized carbons (Fsp3) is 0.320. The molecule has 0 N–H and O–H groups in total. The van der Waals surface area contributed by atoms with Gasteiger partial charge in [0.05, 0.1) is 5.69 Å². The first-order chi connectivity index (χ1) is 14.6. The second kappa shape index (κ2) is 7.56. The lowest BCUT2D eigenvalue weighted by Crippen LogP contribution is -2.29. The molecule has 0 bridgehead atoms. The van der Waals surface area contributed by atoms with Crippen molar-refractivity contribution in [3.63, 3.8) is 0 Å². The van der Waals surface area contributed by atoms with Gasteiger partial charge in [-0.15, -0.1) is 0 Å². The molecule has 0 spiro atoms. The second-order valence-electron chi connectivity index (χ2n) is 8.43. The molecule has 1 aromatic heterocycles. The maximum atomic E-state index is 13.3. The zero-order valence-corrected chi connectivity index (χ0v) is 17.4. The number of aromatic nitrogens is 1. The van der Waals surface area contributed by atoms with E-state index in [2.05, 4.69) is 30.3 Å². The van der Waals surface area contributed by atoms with Crippen LogP contribution in [0.25, 0.3) is 11.3 Å². The number of aliphatic imine (C=N–C) groups is 1. The molecular weight excluding hydrogens is 374 g/mol. The van der Waals surface area contributed by atoms with Crippen molar-refractivity contribution in [3.05, 3.63) is 71.0 Å². The SMILES string of the molecule is Cc1ccc2c(c1)CC(C[C@@H]1CCN(C(=O)c3c(-c4ccccc4)noc3C)C1)=N2.[HH]. The number of likely N-dealkylation sites (tertiary alicyclic amines) is 1. The molecule has 2 aliphatic rings. The number of rotatable bonds is 4. The fourth-order valence-electron chi connectivity index (χ4n) is 4.60. The number of fused-ring (bicyclic) bond motifs is 1. The average molecular weight is 402 g/mol. The highest BCUT2D eigenvalue weighted by Gasteiger charge is 2.32. The van der Waals surface area contributed by atoms with E-state index in [9.17, 15) is 4.79 Å². The van der Waals surface area contributed by atoms with Gasteiger partial charge in [-0.3, -0.25) is 9.79 Å². The minimum Gasteiger partial charge on any atom is -0.360 e. The van der Waals surface area contributed by atoms with Gasteiger partial charge in [0, 0.05) is 32.2 Å². The van der Waals surface area contributed by atoms with Crippen molar-refractivity contribution in [1.29, 1.82) is 0 Å². The maximum absolute atomic E-state index is 13.3. The maximum Gasteiger partial charge on any atom is 0.259 e. The Kier molecular flexibility index (Phi) is 4.74. The fourth-order valence-corrected chi connectivity index (χ4v) is 4.60. The Morgan fingerprint density at radius 2 is 2.03 bits per heavy atom. The summed E-state index contributed by atoms with van der Waals surface area (Å²) in [5.41, 5.74) is 7.07. The molecule has 1 fully saturated rings. The third-order valence-corrected chi connectivity index (χ3v) is 6.13. The Morgan fingerprint density at radius 3 is 2.87 bits per heavy atom. The Morgan fingerprint density at radius 1 is 1.20 bits per heavy atom. The number of amides is 1. The van der Waals surface area contributed by atoms with Crippen molar-refractivity contribution >= 4 is 17.3 Å². The summed E-state index contributed by atoms with van der Waals surface area (Å²) < 4.78 is 5.39. The van der Waals surface area contributed by atoms with Crippen molar-refractivity contribution in [2.24, 2.45) is 10.9 Å². The minimum absolute atomic E-state index is 0. The van der Waals surface area contributed by atoms with Gasteiger partial charge in [-0.1, -0.05) is 53.2 Å². The predicted molar refractivity (Wildman–Crippen MR) is 119 cm³/mol. The molecule has 3 aromatic rings. The summed E-state index contributed by atoms with van der Waals surface area (Å²) in [6.07, 6.45) is 2.89. The number of aryl methyl sites for hydroxylation is 2. The van der Waals surface area contributed by atoms with Crippen molar-refractivity contribution in [3.8, 4) is 11.3 Å². The first-order valence-corrected chi connectivity index (χ1v) is 10.6. The molecule has 5 heteroatoms. The molecule has 5 nitrogen and oxygen atoms in total. The molecule has 0 unspecified atom stereocenters. The Labute approximate surface area is 177 Å². The van der Waals surface area contributed by atoms with Crippen LogP contribution < -0.4 is 0 Å². The lowest BCUT2D eigenvalue weighted by atomic mass is 9.98. The molecule has 30 heavy (non-hydrogen) atoms. The van der Waals surface area contributed by atoms with E-state index in [1.165, 1.54) is 16.8 Å². The van der Waals surface area contributed by atoms with E-state index in [-0.39, 0.29) is 7.33 Å². The van der Waals surface area contributed by atoms with Gasteiger partial charge in [-0.05, 0) is 44.2 Å². The van der Waals surface area contributed by atoms with Gasteiger partial charge in [0.2, 0.25) is 0 Å². The highest BCUT2D eigenvalue weighted by Crippen LogP contribution is 2.32. The van der Waals surface area contributed by atoms with Gasteiger partial charge in [0.25, 0.3) is 5.91 Å². The molecule has 154 valence electrons. The molecule has 0 radical (unpaired) electrons. The highest BCUT2D eigenvalue weighted by atomic mass is 16.5. The van der Waals surface area contributed by atoms with Crippen LogP contribution in [-0.2, 0) is 6.42 Å². The summed E-state index contributed by atoms with van der Waals surface area (Å²) in [6, 6.07) is 16.2. The van der Waals surface area contributed by atoms with Gasteiger partial charge < -0.3 is 9.42 Å². The average Bonchev–Trinajstić information content (AvgIpc) is 3.46. The van der Waals surface area contributed by atoms with Crippen LogP contribution in [0, 0.1) is 19.8 Å². The smallest absolute Gasteiger partial charge is 0.259 e. The van der Waals surface area contributed by atoms with Crippen LogP contribution in [0.1, 0.15) is 41.5 Å². The molecule has 2 aromatic carbocycles. The van der Waals surface area contributed by atoms with E-state index >= 15 is 0 Å². The number of hydrogen-bond acceptors (Lipinski definition) is 4. The van der Waals surface area contributed by atoms with Crippen LogP contribution in [0.2, 0.25) is 0 Å². The zero-order chi connectivity index (χ0) is 20.7. The highest BCUT2D eigenvalue weighted by molar-refractivity contribution is 6.01. The van der Waals surface area contributed by atoms with E-state index in [1.807, 2.05) is 42.2 Å². The van der Waals surface area contributed by atoms with Crippen LogP contribution >= 0.6 is 0 Å². The van der Waals surface area contributed by atoms with E-state index < -0.39 is 0 Å². The van der Waals surface area contributed by atoms with Crippen LogP contribution in [0.4, 0.5) is 5.69 Å². The van der Waals surface area contributed by atoms with E-state index in [1.54, 1.807) is 0 Å². The largest absolute Gasteiger partial charge is 0.360 e. The molecule has 5 rings (SSSR count). The first-order valence-electron chi connectivity index (χ1n) is 10.6. The van der Waals surface area contributed by atoms with Gasteiger partial charge in [0.1, 0.15) is 17.0 Å². The van der Waals surface area contributed by atoms with E-state index in [4.69, 9.17) is 9.52 Å². The Bertz CT molecular complexity index is 1140. The number of nitrogens with zero attached hydrogens (tertiary/aromatic N) is 3. The van der Waals surface area contributed by atoms with Gasteiger partial charge >= 0.3 is 0 Å². The van der Waals surface area contributed by atoms with E-state index in [0.717, 1.165) is 43.6 Å². The molecule has 3 heterocycles. The second-order valence-corrected chi connectivity index (χ2v) is 8.43. The summed E-state index contributed by atoms with van der Waals surface area (Å²) in [4.78, 5) is 20.1. The summed E-state index contributed by atoms with van der Waals surface area (Å²) >= 11 is 0. The molecule has 2 aliphatic heterocycles. The zero-order valence-electron chi connectivity index (χ0n) is 17.4.